The molecular formula is C23H55O16P3. The Balaban J connectivity index is -0.000000543. The summed E-state index contributed by atoms with van der Waals surface area (Å²) in [6, 6.07) is 0. The van der Waals surface area contributed by atoms with E-state index >= 15 is 0 Å². The Morgan fingerprint density at radius 3 is 1.00 bits per heavy atom. The third kappa shape index (κ3) is 23.5. The van der Waals surface area contributed by atoms with E-state index in [1.54, 1.807) is 14.2 Å². The van der Waals surface area contributed by atoms with Gasteiger partial charge in [0.1, 0.15) is 12.7 Å². The second kappa shape index (κ2) is 28.6. The summed E-state index contributed by atoms with van der Waals surface area (Å²) >= 11 is 0. The van der Waals surface area contributed by atoms with Crippen molar-refractivity contribution in [1.82, 2.24) is 0 Å². The van der Waals surface area contributed by atoms with Crippen LogP contribution in [0.2, 0.25) is 0 Å². The minimum Gasteiger partial charge on any atom is -0.382 e. The van der Waals surface area contributed by atoms with Gasteiger partial charge >= 0.3 is 22.8 Å². The summed E-state index contributed by atoms with van der Waals surface area (Å²) in [4.78, 5) is 9.15. The SMILES string of the molecule is CC[C@@H](COC)OCP(=O)(OC)OC.CC[C@@H](COC)OCP(=O)(OC)OC.CC[C@H](OCP(=O)(OC)OC)OOC. The van der Waals surface area contributed by atoms with Gasteiger partial charge in [-0.05, 0) is 19.3 Å². The molecule has 0 bridgehead atoms. The number of ether oxygens (including phenoxy) is 5. The van der Waals surface area contributed by atoms with Crippen LogP contribution >= 0.6 is 22.8 Å². The minimum absolute atomic E-state index is 0.0398. The first-order valence-corrected chi connectivity index (χ1v) is 18.2. The molecule has 3 atom stereocenters. The molecule has 0 heterocycles. The molecule has 0 amide bonds. The van der Waals surface area contributed by atoms with Gasteiger partial charge in [0, 0.05) is 56.9 Å². The van der Waals surface area contributed by atoms with E-state index in [1.807, 2.05) is 20.8 Å². The Morgan fingerprint density at radius 2 is 0.786 bits per heavy atom. The highest BCUT2D eigenvalue weighted by atomic mass is 31.2. The molecule has 0 aromatic carbocycles. The lowest BCUT2D eigenvalue weighted by atomic mass is 10.3. The van der Waals surface area contributed by atoms with Gasteiger partial charge < -0.3 is 50.8 Å². The highest BCUT2D eigenvalue weighted by Gasteiger charge is 2.25. The fourth-order valence-corrected chi connectivity index (χ4v) is 4.58. The Kier molecular flexibility index (Phi) is 31.8. The van der Waals surface area contributed by atoms with Gasteiger partial charge in [-0.25, -0.2) is 9.78 Å². The fourth-order valence-electron chi connectivity index (χ4n) is 2.37. The molecule has 0 saturated carbocycles. The lowest BCUT2D eigenvalue weighted by Gasteiger charge is -2.18. The first kappa shape index (κ1) is 46.6. The molecule has 19 heteroatoms. The van der Waals surface area contributed by atoms with Crippen LogP contribution in [0.1, 0.15) is 40.0 Å². The summed E-state index contributed by atoms with van der Waals surface area (Å²) < 4.78 is 88.6. The monoisotopic (exact) mass is 680 g/mol. The van der Waals surface area contributed by atoms with Crippen molar-refractivity contribution in [1.29, 1.82) is 0 Å². The number of methoxy groups -OCH3 is 2. The van der Waals surface area contributed by atoms with Crippen molar-refractivity contribution < 1.29 is 74.3 Å². The molecule has 0 aromatic heterocycles. The number of hydrogen-bond acceptors (Lipinski definition) is 16. The lowest BCUT2D eigenvalue weighted by molar-refractivity contribution is -0.361. The van der Waals surface area contributed by atoms with E-state index in [4.69, 9.17) is 46.7 Å². The normalized spacial score (nSPS) is 14.3. The third-order valence-electron chi connectivity index (χ3n) is 5.18. The van der Waals surface area contributed by atoms with Crippen molar-refractivity contribution in [3.05, 3.63) is 0 Å². The molecular weight excluding hydrogens is 625 g/mol. The second-order valence-corrected chi connectivity index (χ2v) is 14.5. The van der Waals surface area contributed by atoms with Crippen molar-refractivity contribution in [3.63, 3.8) is 0 Å². The van der Waals surface area contributed by atoms with Crippen molar-refractivity contribution in [2.45, 2.75) is 58.5 Å². The molecule has 0 unspecified atom stereocenters. The van der Waals surface area contributed by atoms with E-state index in [9.17, 15) is 13.7 Å². The molecule has 16 nitrogen and oxygen atoms in total. The number of rotatable bonds is 24. The van der Waals surface area contributed by atoms with Gasteiger partial charge in [-0.15, -0.1) is 0 Å². The van der Waals surface area contributed by atoms with E-state index in [1.165, 1.54) is 49.8 Å². The highest BCUT2D eigenvalue weighted by molar-refractivity contribution is 7.54. The Labute approximate surface area is 252 Å². The summed E-state index contributed by atoms with van der Waals surface area (Å²) in [7, 11) is 3.28. The van der Waals surface area contributed by atoms with Gasteiger partial charge in [-0.2, -0.15) is 0 Å². The zero-order chi connectivity index (χ0) is 33.1. The van der Waals surface area contributed by atoms with E-state index in [0.29, 0.717) is 19.6 Å². The van der Waals surface area contributed by atoms with Crippen molar-refractivity contribution >= 4 is 22.8 Å². The predicted molar refractivity (Wildman–Crippen MR) is 157 cm³/mol. The van der Waals surface area contributed by atoms with Crippen molar-refractivity contribution in [3.8, 4) is 0 Å². The van der Waals surface area contributed by atoms with Crippen LogP contribution in [0.4, 0.5) is 0 Å². The summed E-state index contributed by atoms with van der Waals surface area (Å²) in [6.07, 6.45) is 1.20. The van der Waals surface area contributed by atoms with Crippen LogP contribution < -0.4 is 0 Å². The second-order valence-electron chi connectivity index (χ2n) is 7.89. The summed E-state index contributed by atoms with van der Waals surface area (Å²) in [5.41, 5.74) is 0. The summed E-state index contributed by atoms with van der Waals surface area (Å²) in [5, 5.41) is 0. The largest absolute Gasteiger partial charge is 0.382 e. The van der Waals surface area contributed by atoms with Crippen LogP contribution in [0.3, 0.4) is 0 Å². The average molecular weight is 681 g/mol. The van der Waals surface area contributed by atoms with Gasteiger partial charge in [-0.1, -0.05) is 20.8 Å². The maximum absolute atomic E-state index is 11.6. The molecule has 0 saturated heterocycles. The minimum atomic E-state index is -3.13. The molecule has 0 rings (SSSR count). The maximum atomic E-state index is 11.6. The van der Waals surface area contributed by atoms with Crippen LogP contribution in [-0.2, 0) is 74.3 Å². The van der Waals surface area contributed by atoms with E-state index < -0.39 is 29.1 Å². The molecule has 0 radical (unpaired) electrons. The third-order valence-corrected chi connectivity index (χ3v) is 9.91. The Bertz CT molecular complexity index is 625. The van der Waals surface area contributed by atoms with Crippen LogP contribution in [0, 0.1) is 0 Å². The van der Waals surface area contributed by atoms with Crippen LogP contribution in [0.25, 0.3) is 0 Å². The first-order chi connectivity index (χ1) is 19.8. The van der Waals surface area contributed by atoms with Crippen molar-refractivity contribution in [2.24, 2.45) is 0 Å². The van der Waals surface area contributed by atoms with Crippen LogP contribution in [0.5, 0.6) is 0 Å². The van der Waals surface area contributed by atoms with Gasteiger partial charge in [-0.3, -0.25) is 13.7 Å². The lowest BCUT2D eigenvalue weighted by Crippen LogP contribution is -2.19. The van der Waals surface area contributed by atoms with Crippen molar-refractivity contribution in [2.75, 3.05) is 96.2 Å². The molecule has 0 aromatic rings. The fraction of sp³-hybridized carbons (Fsp3) is 1.00. The molecule has 0 N–H and O–H groups in total. The van der Waals surface area contributed by atoms with Crippen LogP contribution in [-0.4, -0.2) is 115 Å². The zero-order valence-electron chi connectivity index (χ0n) is 27.3. The summed E-state index contributed by atoms with van der Waals surface area (Å²) in [6.45, 7) is 6.73. The topological polar surface area (TPSA) is 171 Å². The zero-order valence-corrected chi connectivity index (χ0v) is 29.9. The summed E-state index contributed by atoms with van der Waals surface area (Å²) in [5.74, 6) is 0. The molecule has 42 heavy (non-hydrogen) atoms. The van der Waals surface area contributed by atoms with Gasteiger partial charge in [0.2, 0.25) is 0 Å². The smallest absolute Gasteiger partial charge is 0.355 e. The Hall–Kier alpha value is 0.170. The van der Waals surface area contributed by atoms with E-state index in [2.05, 4.69) is 13.9 Å². The quantitative estimate of drug-likeness (QED) is 0.0541. The van der Waals surface area contributed by atoms with Gasteiger partial charge in [0.05, 0.1) is 32.5 Å². The molecule has 0 aliphatic rings. The standard InChI is InChI=1S/2C8H19O5P.C7H17O6P/c2*1-5-8(6-10-2)13-7-14(9,11-3)12-4;1-5-7(13-9-2)12-6-14(8,10-3)11-4/h2*8H,5-7H2,1-4H3;7H,5-6H2,1-4H3/t2*8-;7-/m001/s1. The van der Waals surface area contributed by atoms with E-state index in [-0.39, 0.29) is 31.3 Å². The van der Waals surface area contributed by atoms with Crippen LogP contribution in [0.15, 0.2) is 0 Å². The van der Waals surface area contributed by atoms with Gasteiger partial charge in [0.25, 0.3) is 0 Å². The average Bonchev–Trinajstić information content (AvgIpc) is 3.03. The number of hydrogen-bond donors (Lipinski definition) is 0. The molecule has 0 aliphatic carbocycles. The first-order valence-electron chi connectivity index (χ1n) is 13.0. The molecule has 0 fully saturated rings. The Morgan fingerprint density at radius 1 is 0.476 bits per heavy atom. The van der Waals surface area contributed by atoms with E-state index in [0.717, 1.165) is 12.8 Å². The molecule has 0 aliphatic heterocycles. The maximum Gasteiger partial charge on any atom is 0.355 e. The molecule has 258 valence electrons. The highest BCUT2D eigenvalue weighted by Crippen LogP contribution is 2.47. The predicted octanol–water partition coefficient (Wildman–Crippen LogP) is 5.50. The van der Waals surface area contributed by atoms with Gasteiger partial charge in [0.15, 0.2) is 12.6 Å². The molecule has 0 spiro atoms.